The zero-order chi connectivity index (χ0) is 17.1. The Labute approximate surface area is 146 Å². The van der Waals surface area contributed by atoms with E-state index in [9.17, 15) is 4.79 Å². The predicted molar refractivity (Wildman–Crippen MR) is 94.3 cm³/mol. The molecule has 0 radical (unpaired) electrons. The Kier molecular flexibility index (Phi) is 4.41. The van der Waals surface area contributed by atoms with E-state index in [2.05, 4.69) is 20.4 Å². The number of pyridine rings is 1. The van der Waals surface area contributed by atoms with Crippen molar-refractivity contribution in [3.05, 3.63) is 59.3 Å². The summed E-state index contributed by atoms with van der Waals surface area (Å²) in [4.78, 5) is 21.1. The maximum absolute atomic E-state index is 12.6. The molecule has 1 aliphatic carbocycles. The van der Waals surface area contributed by atoms with Crippen LogP contribution in [0.1, 0.15) is 52.9 Å². The number of hydrogen-bond donors (Lipinski definition) is 1. The van der Waals surface area contributed by atoms with Gasteiger partial charge in [-0.2, -0.15) is 5.10 Å². The lowest BCUT2D eigenvalue weighted by molar-refractivity contribution is 0.0952. The van der Waals surface area contributed by atoms with Crippen molar-refractivity contribution < 1.29 is 4.79 Å². The number of fused-ring (bicyclic) bond motifs is 3. The summed E-state index contributed by atoms with van der Waals surface area (Å²) in [5.41, 5.74) is 4.59. The van der Waals surface area contributed by atoms with Crippen molar-refractivity contribution in [1.82, 2.24) is 24.9 Å². The Hall–Kier alpha value is -2.76. The molecule has 4 rings (SSSR count). The van der Waals surface area contributed by atoms with Crippen LogP contribution in [0.4, 0.5) is 0 Å². The number of aryl methyl sites for hydroxylation is 2. The summed E-state index contributed by atoms with van der Waals surface area (Å²) in [6.45, 7) is 0.439. The molecule has 0 fully saturated rings. The minimum absolute atomic E-state index is 0.155. The number of carbonyl (C=O) groups excluding carboxylic acids is 1. The van der Waals surface area contributed by atoms with E-state index in [1.54, 1.807) is 18.6 Å². The Bertz CT molecular complexity index is 887. The smallest absolute Gasteiger partial charge is 0.257 e. The van der Waals surface area contributed by atoms with Crippen LogP contribution >= 0.6 is 0 Å². The van der Waals surface area contributed by atoms with Crippen LogP contribution in [0.3, 0.4) is 0 Å². The molecule has 0 aliphatic heterocycles. The lowest BCUT2D eigenvalue weighted by Crippen LogP contribution is -2.23. The number of rotatable bonds is 3. The molecule has 1 N–H and O–H groups in total. The van der Waals surface area contributed by atoms with Gasteiger partial charge in [0.2, 0.25) is 0 Å². The van der Waals surface area contributed by atoms with Crippen LogP contribution in [-0.2, 0) is 19.4 Å². The molecular formula is C19H21N5O. The van der Waals surface area contributed by atoms with Gasteiger partial charge in [0.05, 0.1) is 6.20 Å². The third kappa shape index (κ3) is 3.24. The zero-order valence-corrected chi connectivity index (χ0v) is 14.1. The van der Waals surface area contributed by atoms with Crippen LogP contribution in [0.2, 0.25) is 0 Å². The van der Waals surface area contributed by atoms with Gasteiger partial charge in [-0.15, -0.1) is 0 Å². The van der Waals surface area contributed by atoms with Gasteiger partial charge in [-0.1, -0.05) is 18.9 Å². The van der Waals surface area contributed by atoms with E-state index in [0.29, 0.717) is 17.8 Å². The molecule has 3 aromatic heterocycles. The van der Waals surface area contributed by atoms with Gasteiger partial charge in [0.25, 0.3) is 5.91 Å². The largest absolute Gasteiger partial charge is 0.348 e. The number of nitrogens with zero attached hydrogens (tertiary/aromatic N) is 4. The molecule has 0 unspecified atom stereocenters. The highest BCUT2D eigenvalue weighted by Gasteiger charge is 2.18. The Morgan fingerprint density at radius 3 is 2.84 bits per heavy atom. The molecule has 1 amide bonds. The summed E-state index contributed by atoms with van der Waals surface area (Å²) >= 11 is 0. The number of nitrogens with one attached hydrogen (secondary N) is 1. The normalized spacial score (nSPS) is 14.6. The predicted octanol–water partition coefficient (Wildman–Crippen LogP) is 2.71. The van der Waals surface area contributed by atoms with Gasteiger partial charge < -0.3 is 5.32 Å². The molecule has 0 spiro atoms. The summed E-state index contributed by atoms with van der Waals surface area (Å²) < 4.78 is 1.86. The average Bonchev–Trinajstić information content (AvgIpc) is 3.05. The van der Waals surface area contributed by atoms with Crippen molar-refractivity contribution in [2.24, 2.45) is 0 Å². The van der Waals surface area contributed by atoms with E-state index in [1.807, 2.05) is 22.8 Å². The van der Waals surface area contributed by atoms with Gasteiger partial charge in [0.1, 0.15) is 5.56 Å². The van der Waals surface area contributed by atoms with Crippen molar-refractivity contribution in [2.45, 2.75) is 45.1 Å². The first-order valence-corrected chi connectivity index (χ1v) is 8.84. The fourth-order valence-corrected chi connectivity index (χ4v) is 3.39. The molecule has 1 aliphatic rings. The minimum atomic E-state index is -0.155. The topological polar surface area (TPSA) is 72.2 Å². The molecule has 128 valence electrons. The van der Waals surface area contributed by atoms with Crippen molar-refractivity contribution in [3.63, 3.8) is 0 Å². The van der Waals surface area contributed by atoms with Crippen molar-refractivity contribution >= 4 is 11.6 Å². The average molecular weight is 335 g/mol. The summed E-state index contributed by atoms with van der Waals surface area (Å²) in [6.07, 6.45) is 13.9. The maximum atomic E-state index is 12.6. The number of amides is 1. The molecule has 6 heteroatoms. The SMILES string of the molecule is O=C(NCc1cccnc1)c1cnn2c3c(cnc12)CCCCCC3. The summed E-state index contributed by atoms with van der Waals surface area (Å²) in [5, 5.41) is 7.38. The second-order valence-corrected chi connectivity index (χ2v) is 6.48. The van der Waals surface area contributed by atoms with Crippen LogP contribution in [0.25, 0.3) is 5.65 Å². The molecule has 0 saturated heterocycles. The lowest BCUT2D eigenvalue weighted by Gasteiger charge is -2.14. The van der Waals surface area contributed by atoms with E-state index in [1.165, 1.54) is 30.5 Å². The van der Waals surface area contributed by atoms with Crippen molar-refractivity contribution in [1.29, 1.82) is 0 Å². The zero-order valence-electron chi connectivity index (χ0n) is 14.1. The van der Waals surface area contributed by atoms with E-state index < -0.39 is 0 Å². The van der Waals surface area contributed by atoms with Gasteiger partial charge in [-0.05, 0) is 42.9 Å². The third-order valence-electron chi connectivity index (χ3n) is 4.74. The first kappa shape index (κ1) is 15.7. The van der Waals surface area contributed by atoms with Crippen LogP contribution in [0.15, 0.2) is 36.9 Å². The molecular weight excluding hydrogens is 314 g/mol. The number of hydrogen-bond acceptors (Lipinski definition) is 4. The summed E-state index contributed by atoms with van der Waals surface area (Å²) in [6, 6.07) is 3.79. The molecule has 3 heterocycles. The van der Waals surface area contributed by atoms with E-state index in [-0.39, 0.29) is 5.91 Å². The first-order valence-electron chi connectivity index (χ1n) is 8.84. The highest BCUT2D eigenvalue weighted by Crippen LogP contribution is 2.21. The lowest BCUT2D eigenvalue weighted by atomic mass is 9.98. The fraction of sp³-hybridized carbons (Fsp3) is 0.368. The Balaban J connectivity index is 1.60. The Morgan fingerprint density at radius 1 is 1.12 bits per heavy atom. The molecule has 0 atom stereocenters. The van der Waals surface area contributed by atoms with Gasteiger partial charge in [0, 0.05) is 30.8 Å². The van der Waals surface area contributed by atoms with E-state index >= 15 is 0 Å². The first-order chi connectivity index (χ1) is 12.3. The van der Waals surface area contributed by atoms with Crippen LogP contribution in [-0.4, -0.2) is 25.5 Å². The molecule has 6 nitrogen and oxygen atoms in total. The van der Waals surface area contributed by atoms with Crippen LogP contribution in [0.5, 0.6) is 0 Å². The highest BCUT2D eigenvalue weighted by molar-refractivity contribution is 5.99. The second-order valence-electron chi connectivity index (χ2n) is 6.48. The van der Waals surface area contributed by atoms with Crippen molar-refractivity contribution in [2.75, 3.05) is 0 Å². The summed E-state index contributed by atoms with van der Waals surface area (Å²) in [5.74, 6) is -0.155. The molecule has 25 heavy (non-hydrogen) atoms. The van der Waals surface area contributed by atoms with E-state index in [4.69, 9.17) is 0 Å². The molecule has 0 aromatic carbocycles. The minimum Gasteiger partial charge on any atom is -0.348 e. The molecule has 0 bridgehead atoms. The third-order valence-corrected chi connectivity index (χ3v) is 4.74. The molecule has 0 saturated carbocycles. The van der Waals surface area contributed by atoms with Crippen molar-refractivity contribution in [3.8, 4) is 0 Å². The maximum Gasteiger partial charge on any atom is 0.257 e. The standard InChI is InChI=1S/C19H21N5O/c25-19(22-11-14-6-5-9-20-10-14)16-13-23-24-17-8-4-2-1-3-7-15(17)12-21-18(16)24/h5-6,9-10,12-13H,1-4,7-8,11H2,(H,22,25). The van der Waals surface area contributed by atoms with Gasteiger partial charge in [-0.3, -0.25) is 9.78 Å². The van der Waals surface area contributed by atoms with Gasteiger partial charge in [0.15, 0.2) is 5.65 Å². The van der Waals surface area contributed by atoms with Crippen LogP contribution < -0.4 is 5.32 Å². The van der Waals surface area contributed by atoms with Gasteiger partial charge in [-0.25, -0.2) is 9.50 Å². The van der Waals surface area contributed by atoms with Gasteiger partial charge >= 0.3 is 0 Å². The second kappa shape index (κ2) is 7.01. The molecule has 3 aromatic rings. The fourth-order valence-electron chi connectivity index (χ4n) is 3.39. The van der Waals surface area contributed by atoms with E-state index in [0.717, 1.165) is 24.8 Å². The summed E-state index contributed by atoms with van der Waals surface area (Å²) in [7, 11) is 0. The number of carbonyl (C=O) groups is 1. The highest BCUT2D eigenvalue weighted by atomic mass is 16.1. The quantitative estimate of drug-likeness (QED) is 0.799. The number of aromatic nitrogens is 4. The van der Waals surface area contributed by atoms with Crippen LogP contribution in [0, 0.1) is 0 Å². The Morgan fingerprint density at radius 2 is 2.00 bits per heavy atom. The monoisotopic (exact) mass is 335 g/mol.